The number of aromatic amines is 1. The lowest BCUT2D eigenvalue weighted by Gasteiger charge is -2.16. The molecule has 7 nitrogen and oxygen atoms in total. The molecule has 0 saturated carbocycles. The van der Waals surface area contributed by atoms with E-state index in [1.165, 1.54) is 38.5 Å². The second-order valence-electron chi connectivity index (χ2n) is 5.07. The second-order valence-corrected chi connectivity index (χ2v) is 7.62. The van der Waals surface area contributed by atoms with Crippen LogP contribution in [0.3, 0.4) is 0 Å². The Labute approximate surface area is 145 Å². The predicted octanol–water partition coefficient (Wildman–Crippen LogP) is 2.57. The molecule has 0 aliphatic heterocycles. The van der Waals surface area contributed by atoms with Crippen LogP contribution in [0.1, 0.15) is 17.4 Å². The average Bonchev–Trinajstić information content (AvgIpc) is 2.95. The minimum Gasteiger partial charge on any atom is -0.492 e. The van der Waals surface area contributed by atoms with Crippen molar-refractivity contribution in [1.29, 1.82) is 0 Å². The third kappa shape index (κ3) is 3.89. The van der Waals surface area contributed by atoms with Crippen molar-refractivity contribution in [2.75, 3.05) is 26.0 Å². The lowest BCUT2D eigenvalue weighted by atomic mass is 10.3. The van der Waals surface area contributed by atoms with E-state index in [0.29, 0.717) is 17.3 Å². The number of sulfonamides is 1. The molecule has 1 amide bonds. The van der Waals surface area contributed by atoms with Gasteiger partial charge in [-0.15, -0.1) is 0 Å². The zero-order chi connectivity index (χ0) is 17.9. The molecule has 0 fully saturated rings. The number of carbonyl (C=O) groups excluding carboxylic acids is 1. The average molecular weight is 372 g/mol. The number of hydrogen-bond acceptors (Lipinski definition) is 4. The number of aromatic nitrogens is 1. The van der Waals surface area contributed by atoms with Crippen molar-refractivity contribution in [3.8, 4) is 5.75 Å². The molecule has 2 N–H and O–H groups in total. The molecule has 2 rings (SSSR count). The summed E-state index contributed by atoms with van der Waals surface area (Å²) in [5.74, 6) is -0.202. The van der Waals surface area contributed by atoms with Crippen LogP contribution in [0.4, 0.5) is 5.69 Å². The monoisotopic (exact) mass is 371 g/mol. The summed E-state index contributed by atoms with van der Waals surface area (Å²) in [4.78, 5) is 14.8. The van der Waals surface area contributed by atoms with Crippen molar-refractivity contribution < 1.29 is 17.9 Å². The Morgan fingerprint density at radius 1 is 1.33 bits per heavy atom. The first kappa shape index (κ1) is 18.3. The Bertz CT molecular complexity index is 846. The summed E-state index contributed by atoms with van der Waals surface area (Å²) in [5, 5.41) is 3.03. The highest BCUT2D eigenvalue weighted by Crippen LogP contribution is 2.29. The largest absolute Gasteiger partial charge is 0.492 e. The van der Waals surface area contributed by atoms with E-state index in [4.69, 9.17) is 16.3 Å². The van der Waals surface area contributed by atoms with Crippen LogP contribution in [-0.4, -0.2) is 44.3 Å². The third-order valence-electron chi connectivity index (χ3n) is 3.15. The summed E-state index contributed by atoms with van der Waals surface area (Å²) >= 11 is 5.77. The van der Waals surface area contributed by atoms with Gasteiger partial charge in [-0.1, -0.05) is 11.6 Å². The van der Waals surface area contributed by atoms with Gasteiger partial charge in [0.05, 0.1) is 11.6 Å². The molecular formula is C15H18ClN3O4S. The number of carbonyl (C=O) groups is 1. The number of rotatable bonds is 6. The number of halogens is 1. The molecular weight excluding hydrogens is 354 g/mol. The molecule has 1 heterocycles. The van der Waals surface area contributed by atoms with Crippen LogP contribution >= 0.6 is 11.6 Å². The predicted molar refractivity (Wildman–Crippen MR) is 92.2 cm³/mol. The van der Waals surface area contributed by atoms with Gasteiger partial charge in [-0.2, -0.15) is 0 Å². The third-order valence-corrected chi connectivity index (χ3v) is 5.21. The molecule has 0 aliphatic rings. The number of hydrogen-bond donors (Lipinski definition) is 2. The van der Waals surface area contributed by atoms with Crippen molar-refractivity contribution >= 4 is 33.2 Å². The Morgan fingerprint density at radius 2 is 2.04 bits per heavy atom. The van der Waals surface area contributed by atoms with Gasteiger partial charge in [0.2, 0.25) is 10.0 Å². The van der Waals surface area contributed by atoms with E-state index >= 15 is 0 Å². The van der Waals surface area contributed by atoms with Crippen LogP contribution in [-0.2, 0) is 10.0 Å². The topological polar surface area (TPSA) is 91.5 Å². The molecule has 0 unspecified atom stereocenters. The summed E-state index contributed by atoms with van der Waals surface area (Å²) < 4.78 is 31.4. The van der Waals surface area contributed by atoms with Crippen molar-refractivity contribution in [2.45, 2.75) is 11.8 Å². The SMILES string of the molecule is CCOc1ccc(NC(=O)c2cc(Cl)c[nH]2)cc1S(=O)(=O)N(C)C. The highest BCUT2D eigenvalue weighted by Gasteiger charge is 2.23. The molecule has 130 valence electrons. The molecule has 0 saturated heterocycles. The molecule has 0 bridgehead atoms. The first-order valence-electron chi connectivity index (χ1n) is 7.10. The van der Waals surface area contributed by atoms with Gasteiger partial charge in [-0.3, -0.25) is 4.79 Å². The number of nitrogens with zero attached hydrogens (tertiary/aromatic N) is 1. The summed E-state index contributed by atoms with van der Waals surface area (Å²) in [5.41, 5.74) is 0.598. The van der Waals surface area contributed by atoms with E-state index in [1.807, 2.05) is 0 Å². The van der Waals surface area contributed by atoms with Crippen LogP contribution in [0.15, 0.2) is 35.4 Å². The van der Waals surface area contributed by atoms with Crippen molar-refractivity contribution in [3.05, 3.63) is 41.2 Å². The number of benzene rings is 1. The standard InChI is InChI=1S/C15H18ClN3O4S/c1-4-23-13-6-5-11(8-14(13)24(21,22)19(2)3)18-15(20)12-7-10(16)9-17-12/h5-9,17H,4H2,1-3H3,(H,18,20). The quantitative estimate of drug-likeness (QED) is 0.816. The lowest BCUT2D eigenvalue weighted by Crippen LogP contribution is -2.23. The van der Waals surface area contributed by atoms with Crippen LogP contribution in [0.2, 0.25) is 5.02 Å². The van der Waals surface area contributed by atoms with Gasteiger partial charge in [-0.25, -0.2) is 12.7 Å². The number of anilines is 1. The van der Waals surface area contributed by atoms with E-state index < -0.39 is 15.9 Å². The van der Waals surface area contributed by atoms with Gasteiger partial charge < -0.3 is 15.0 Å². The van der Waals surface area contributed by atoms with E-state index in [-0.39, 0.29) is 16.3 Å². The van der Waals surface area contributed by atoms with Crippen LogP contribution in [0.5, 0.6) is 5.75 Å². The Balaban J connectivity index is 2.37. The molecule has 1 aromatic carbocycles. The van der Waals surface area contributed by atoms with Gasteiger partial charge in [-0.05, 0) is 31.2 Å². The summed E-state index contributed by atoms with van der Waals surface area (Å²) in [6.45, 7) is 2.08. The van der Waals surface area contributed by atoms with Crippen LogP contribution < -0.4 is 10.1 Å². The highest BCUT2D eigenvalue weighted by atomic mass is 35.5. The minimum absolute atomic E-state index is 0.0170. The van der Waals surface area contributed by atoms with Crippen molar-refractivity contribution in [1.82, 2.24) is 9.29 Å². The number of H-pyrrole nitrogens is 1. The van der Waals surface area contributed by atoms with Crippen LogP contribution in [0.25, 0.3) is 0 Å². The van der Waals surface area contributed by atoms with Crippen LogP contribution in [0, 0.1) is 0 Å². The van der Waals surface area contributed by atoms with E-state index in [2.05, 4.69) is 10.3 Å². The number of amides is 1. The van der Waals surface area contributed by atoms with E-state index in [0.717, 1.165) is 4.31 Å². The first-order chi connectivity index (χ1) is 11.3. The van der Waals surface area contributed by atoms with Gasteiger partial charge in [0.1, 0.15) is 16.3 Å². The Hall–Kier alpha value is -2.03. The smallest absolute Gasteiger partial charge is 0.272 e. The maximum Gasteiger partial charge on any atom is 0.272 e. The fourth-order valence-electron chi connectivity index (χ4n) is 1.96. The Kier molecular flexibility index (Phi) is 5.53. The fourth-order valence-corrected chi connectivity index (χ4v) is 3.17. The maximum absolute atomic E-state index is 12.4. The second kappa shape index (κ2) is 7.25. The minimum atomic E-state index is -3.72. The van der Waals surface area contributed by atoms with E-state index in [1.54, 1.807) is 13.0 Å². The number of nitrogens with one attached hydrogen (secondary N) is 2. The van der Waals surface area contributed by atoms with E-state index in [9.17, 15) is 13.2 Å². The lowest BCUT2D eigenvalue weighted by molar-refractivity contribution is 0.102. The number of ether oxygens (including phenoxy) is 1. The zero-order valence-corrected chi connectivity index (χ0v) is 15.0. The maximum atomic E-state index is 12.4. The normalized spacial score (nSPS) is 11.5. The molecule has 1 aromatic heterocycles. The fraction of sp³-hybridized carbons (Fsp3) is 0.267. The van der Waals surface area contributed by atoms with Gasteiger partial charge >= 0.3 is 0 Å². The molecule has 0 spiro atoms. The highest BCUT2D eigenvalue weighted by molar-refractivity contribution is 7.89. The summed E-state index contributed by atoms with van der Waals surface area (Å²) in [7, 11) is -0.865. The van der Waals surface area contributed by atoms with Gasteiger partial charge in [0.15, 0.2) is 0 Å². The molecule has 0 aliphatic carbocycles. The summed E-state index contributed by atoms with van der Waals surface area (Å²) in [6.07, 6.45) is 1.48. The van der Waals surface area contributed by atoms with Crippen molar-refractivity contribution in [2.24, 2.45) is 0 Å². The van der Waals surface area contributed by atoms with Gasteiger partial charge in [0.25, 0.3) is 5.91 Å². The molecule has 2 aromatic rings. The van der Waals surface area contributed by atoms with Crippen molar-refractivity contribution in [3.63, 3.8) is 0 Å². The summed E-state index contributed by atoms with van der Waals surface area (Å²) in [6, 6.07) is 5.92. The van der Waals surface area contributed by atoms with Gasteiger partial charge in [0, 0.05) is 26.0 Å². The Morgan fingerprint density at radius 3 is 2.58 bits per heavy atom. The molecule has 0 atom stereocenters. The molecule has 24 heavy (non-hydrogen) atoms. The zero-order valence-electron chi connectivity index (χ0n) is 13.5. The first-order valence-corrected chi connectivity index (χ1v) is 8.92. The molecule has 0 radical (unpaired) electrons. The molecule has 9 heteroatoms.